The Labute approximate surface area is 250 Å². The highest BCUT2D eigenvalue weighted by Gasteiger charge is 2.13. The van der Waals surface area contributed by atoms with Gasteiger partial charge in [-0.3, -0.25) is 19.2 Å². The maximum atomic E-state index is 12.9. The smallest absolute Gasteiger partial charge is 0.272 e. The lowest BCUT2D eigenvalue weighted by Crippen LogP contribution is -2.28. The summed E-state index contributed by atoms with van der Waals surface area (Å²) < 4.78 is 0. The minimum atomic E-state index is -0.426. The highest BCUT2D eigenvalue weighted by Crippen LogP contribution is 2.18. The fraction of sp³-hybridized carbons (Fsp3) is 0.0857. The molecule has 0 saturated carbocycles. The first-order valence-electron chi connectivity index (χ1n) is 13.6. The van der Waals surface area contributed by atoms with Crippen LogP contribution in [-0.2, 0) is 25.6 Å². The summed E-state index contributed by atoms with van der Waals surface area (Å²) in [5.74, 6) is -1.53. The van der Waals surface area contributed by atoms with Crippen molar-refractivity contribution < 1.29 is 19.2 Å². The second kappa shape index (κ2) is 14.7. The number of carbonyl (C=O) groups excluding carboxylic acids is 4. The van der Waals surface area contributed by atoms with Crippen LogP contribution < -0.4 is 21.3 Å². The molecule has 4 amide bonds. The van der Waals surface area contributed by atoms with Gasteiger partial charge in [-0.1, -0.05) is 84.9 Å². The molecule has 0 aromatic heterocycles. The minimum absolute atomic E-state index is 0.148. The third-order valence-electron chi connectivity index (χ3n) is 6.16. The SMILES string of the molecule is CC(=O)N/C(=C\c1ccccc1)C(=O)Nc1ccc(Cc2ccc(NC(=O)/C(=C/c3ccccc3)NC(C)=O)cc2)cc1. The van der Waals surface area contributed by atoms with Crippen LogP contribution in [0.2, 0.25) is 0 Å². The van der Waals surface area contributed by atoms with Crippen LogP contribution in [0.1, 0.15) is 36.1 Å². The van der Waals surface area contributed by atoms with Crippen LogP contribution in [0.15, 0.2) is 121 Å². The quantitative estimate of drug-likeness (QED) is 0.188. The van der Waals surface area contributed by atoms with E-state index in [9.17, 15) is 19.2 Å². The normalized spacial score (nSPS) is 11.3. The van der Waals surface area contributed by atoms with Crippen molar-refractivity contribution in [2.45, 2.75) is 20.3 Å². The molecule has 0 fully saturated rings. The molecule has 4 aromatic carbocycles. The van der Waals surface area contributed by atoms with Gasteiger partial charge in [0.1, 0.15) is 11.4 Å². The molecule has 0 heterocycles. The van der Waals surface area contributed by atoms with E-state index in [0.717, 1.165) is 22.3 Å². The van der Waals surface area contributed by atoms with E-state index in [1.165, 1.54) is 13.8 Å². The van der Waals surface area contributed by atoms with Gasteiger partial charge in [-0.05, 0) is 65.1 Å². The zero-order chi connectivity index (χ0) is 30.6. The maximum Gasteiger partial charge on any atom is 0.272 e. The zero-order valence-electron chi connectivity index (χ0n) is 23.9. The third-order valence-corrected chi connectivity index (χ3v) is 6.16. The van der Waals surface area contributed by atoms with Crippen molar-refractivity contribution in [2.75, 3.05) is 10.6 Å². The molecule has 43 heavy (non-hydrogen) atoms. The Bertz CT molecular complexity index is 1520. The van der Waals surface area contributed by atoms with Crippen LogP contribution in [0.25, 0.3) is 12.2 Å². The van der Waals surface area contributed by atoms with Gasteiger partial charge in [-0.15, -0.1) is 0 Å². The van der Waals surface area contributed by atoms with Gasteiger partial charge in [0, 0.05) is 25.2 Å². The molecule has 4 rings (SSSR count). The van der Waals surface area contributed by atoms with Crippen LogP contribution >= 0.6 is 0 Å². The molecule has 0 spiro atoms. The number of hydrogen-bond donors (Lipinski definition) is 4. The fourth-order valence-electron chi connectivity index (χ4n) is 4.17. The summed E-state index contributed by atoms with van der Waals surface area (Å²) in [6.07, 6.45) is 3.88. The van der Waals surface area contributed by atoms with Gasteiger partial charge in [0.15, 0.2) is 0 Å². The molecule has 8 nitrogen and oxygen atoms in total. The van der Waals surface area contributed by atoms with E-state index in [2.05, 4.69) is 21.3 Å². The second-order valence-electron chi connectivity index (χ2n) is 9.78. The van der Waals surface area contributed by atoms with Crippen LogP contribution in [-0.4, -0.2) is 23.6 Å². The van der Waals surface area contributed by atoms with E-state index in [4.69, 9.17) is 0 Å². The van der Waals surface area contributed by atoms with E-state index in [0.29, 0.717) is 17.8 Å². The standard InChI is InChI=1S/C35H32N4O4/c1-24(40)36-32(22-26-9-5-3-6-10-26)34(42)38-30-17-13-28(14-18-30)21-29-15-19-31(20-16-29)39-35(43)33(37-25(2)41)23-27-11-7-4-8-12-27/h3-20,22-23H,21H2,1-2H3,(H,36,40)(H,37,41)(H,38,42)(H,39,43)/b32-22-,33-23-. The lowest BCUT2D eigenvalue weighted by molar-refractivity contribution is -0.120. The molecule has 0 bridgehead atoms. The molecule has 0 radical (unpaired) electrons. The van der Waals surface area contributed by atoms with Crippen molar-refractivity contribution in [1.82, 2.24) is 10.6 Å². The number of benzene rings is 4. The number of rotatable bonds is 10. The molecular weight excluding hydrogens is 540 g/mol. The summed E-state index contributed by atoms with van der Waals surface area (Å²) in [5.41, 5.74) is 5.11. The van der Waals surface area contributed by atoms with E-state index in [1.807, 2.05) is 84.9 Å². The van der Waals surface area contributed by atoms with Gasteiger partial charge in [-0.2, -0.15) is 0 Å². The van der Waals surface area contributed by atoms with Crippen molar-refractivity contribution >= 4 is 47.2 Å². The van der Waals surface area contributed by atoms with E-state index in [1.54, 1.807) is 36.4 Å². The number of nitrogens with one attached hydrogen (secondary N) is 4. The largest absolute Gasteiger partial charge is 0.322 e. The van der Waals surface area contributed by atoms with Gasteiger partial charge >= 0.3 is 0 Å². The van der Waals surface area contributed by atoms with Crippen LogP contribution in [0.5, 0.6) is 0 Å². The van der Waals surface area contributed by atoms with Crippen molar-refractivity contribution in [1.29, 1.82) is 0 Å². The summed E-state index contributed by atoms with van der Waals surface area (Å²) in [7, 11) is 0. The Balaban J connectivity index is 1.37. The van der Waals surface area contributed by atoms with Gasteiger partial charge in [-0.25, -0.2) is 0 Å². The first-order valence-corrected chi connectivity index (χ1v) is 13.6. The number of hydrogen-bond acceptors (Lipinski definition) is 4. The topological polar surface area (TPSA) is 116 Å². The van der Waals surface area contributed by atoms with E-state index >= 15 is 0 Å². The zero-order valence-corrected chi connectivity index (χ0v) is 23.9. The predicted octanol–water partition coefficient (Wildman–Crippen LogP) is 5.51. The average Bonchev–Trinajstić information content (AvgIpc) is 2.99. The van der Waals surface area contributed by atoms with Gasteiger partial charge < -0.3 is 21.3 Å². The molecule has 0 aliphatic rings. The highest BCUT2D eigenvalue weighted by molar-refractivity contribution is 6.09. The van der Waals surface area contributed by atoms with Crippen molar-refractivity contribution in [3.8, 4) is 0 Å². The Morgan fingerprint density at radius 3 is 1.19 bits per heavy atom. The monoisotopic (exact) mass is 572 g/mol. The Morgan fingerprint density at radius 2 is 0.860 bits per heavy atom. The van der Waals surface area contributed by atoms with E-state index < -0.39 is 11.8 Å². The Hall–Kier alpha value is -5.76. The Morgan fingerprint density at radius 1 is 0.512 bits per heavy atom. The Kier molecular flexibility index (Phi) is 10.4. The summed E-state index contributed by atoms with van der Waals surface area (Å²) in [6.45, 7) is 2.71. The van der Waals surface area contributed by atoms with E-state index in [-0.39, 0.29) is 23.2 Å². The van der Waals surface area contributed by atoms with Crippen molar-refractivity contribution in [3.05, 3.63) is 143 Å². The molecular formula is C35H32N4O4. The minimum Gasteiger partial charge on any atom is -0.322 e. The second-order valence-corrected chi connectivity index (χ2v) is 9.78. The summed E-state index contributed by atoms with van der Waals surface area (Å²) in [6, 6.07) is 33.4. The first kappa shape index (κ1) is 30.2. The molecule has 0 atom stereocenters. The van der Waals surface area contributed by atoms with Gasteiger partial charge in [0.25, 0.3) is 11.8 Å². The summed E-state index contributed by atoms with van der Waals surface area (Å²) in [5, 5.41) is 10.8. The summed E-state index contributed by atoms with van der Waals surface area (Å²) in [4.78, 5) is 49.1. The molecule has 216 valence electrons. The third kappa shape index (κ3) is 9.68. The van der Waals surface area contributed by atoms with Crippen molar-refractivity contribution in [3.63, 3.8) is 0 Å². The number of amides is 4. The predicted molar refractivity (Wildman–Crippen MR) is 169 cm³/mol. The molecule has 4 aromatic rings. The molecule has 0 unspecified atom stereocenters. The number of carbonyl (C=O) groups is 4. The van der Waals surface area contributed by atoms with Crippen LogP contribution in [0.3, 0.4) is 0 Å². The molecule has 0 aliphatic heterocycles. The van der Waals surface area contributed by atoms with Crippen LogP contribution in [0, 0.1) is 0 Å². The molecule has 8 heteroatoms. The lowest BCUT2D eigenvalue weighted by atomic mass is 10.0. The van der Waals surface area contributed by atoms with Gasteiger partial charge in [0.2, 0.25) is 11.8 Å². The maximum absolute atomic E-state index is 12.9. The van der Waals surface area contributed by atoms with Gasteiger partial charge in [0.05, 0.1) is 0 Å². The number of anilines is 2. The van der Waals surface area contributed by atoms with Crippen molar-refractivity contribution in [2.24, 2.45) is 0 Å². The summed E-state index contributed by atoms with van der Waals surface area (Å²) >= 11 is 0. The lowest BCUT2D eigenvalue weighted by Gasteiger charge is -2.11. The molecule has 0 saturated heterocycles. The highest BCUT2D eigenvalue weighted by atomic mass is 16.2. The molecule has 0 aliphatic carbocycles. The fourth-order valence-corrected chi connectivity index (χ4v) is 4.17. The average molecular weight is 573 g/mol. The van der Waals surface area contributed by atoms with Crippen LogP contribution in [0.4, 0.5) is 11.4 Å². The first-order chi connectivity index (χ1) is 20.7. The molecule has 4 N–H and O–H groups in total.